The smallest absolute Gasteiger partial charge is 0.372 e. The van der Waals surface area contributed by atoms with Gasteiger partial charge in [0.2, 0.25) is 5.82 Å². The summed E-state index contributed by atoms with van der Waals surface area (Å²) in [6, 6.07) is 0. The van der Waals surface area contributed by atoms with Gasteiger partial charge in [0.25, 0.3) is 5.88 Å². The fourth-order valence-electron chi connectivity index (χ4n) is 1.43. The summed E-state index contributed by atoms with van der Waals surface area (Å²) in [6.07, 6.45) is 2.71. The number of ether oxygens (including phenoxy) is 1. The van der Waals surface area contributed by atoms with Crippen molar-refractivity contribution in [1.29, 1.82) is 0 Å². The Kier molecular flexibility index (Phi) is 3.50. The SMILES string of the molecule is COc1ncnc(NCc2ncn(C)n2)c1[N+](=O)[O-]. The summed E-state index contributed by atoms with van der Waals surface area (Å²) in [7, 11) is 3.03. The molecule has 100 valence electrons. The van der Waals surface area contributed by atoms with Crippen LogP contribution in [0.2, 0.25) is 0 Å². The Bertz CT molecular complexity index is 597. The van der Waals surface area contributed by atoms with E-state index in [9.17, 15) is 10.1 Å². The van der Waals surface area contributed by atoms with Crippen LogP contribution in [0.3, 0.4) is 0 Å². The third kappa shape index (κ3) is 2.73. The molecule has 0 aromatic carbocycles. The van der Waals surface area contributed by atoms with E-state index in [0.717, 1.165) is 0 Å². The van der Waals surface area contributed by atoms with E-state index in [1.807, 2.05) is 0 Å². The van der Waals surface area contributed by atoms with Crippen LogP contribution in [0.25, 0.3) is 0 Å². The van der Waals surface area contributed by atoms with Gasteiger partial charge in [0, 0.05) is 7.05 Å². The Labute approximate surface area is 107 Å². The molecule has 10 heteroatoms. The first kappa shape index (κ1) is 12.7. The molecule has 0 bridgehead atoms. The number of aryl methyl sites for hydroxylation is 1. The number of anilines is 1. The van der Waals surface area contributed by atoms with E-state index in [0.29, 0.717) is 5.82 Å². The molecule has 0 radical (unpaired) electrons. The third-order valence-electron chi connectivity index (χ3n) is 2.23. The van der Waals surface area contributed by atoms with E-state index < -0.39 is 4.92 Å². The molecular formula is C9H11N7O3. The molecule has 0 saturated heterocycles. The number of hydrogen-bond donors (Lipinski definition) is 1. The summed E-state index contributed by atoms with van der Waals surface area (Å²) >= 11 is 0. The molecule has 0 aliphatic heterocycles. The molecule has 0 aliphatic carbocycles. The van der Waals surface area contributed by atoms with Gasteiger partial charge in [-0.1, -0.05) is 0 Å². The van der Waals surface area contributed by atoms with E-state index in [2.05, 4.69) is 25.4 Å². The van der Waals surface area contributed by atoms with Gasteiger partial charge in [0.05, 0.1) is 18.6 Å². The van der Waals surface area contributed by atoms with Crippen LogP contribution in [-0.4, -0.2) is 36.8 Å². The minimum Gasteiger partial charge on any atom is -0.476 e. The average molecular weight is 265 g/mol. The Hall–Kier alpha value is -2.78. The maximum absolute atomic E-state index is 11.0. The van der Waals surface area contributed by atoms with E-state index in [-0.39, 0.29) is 23.9 Å². The van der Waals surface area contributed by atoms with Gasteiger partial charge in [-0.25, -0.2) is 9.97 Å². The molecule has 2 heterocycles. The lowest BCUT2D eigenvalue weighted by molar-refractivity contribution is -0.385. The third-order valence-corrected chi connectivity index (χ3v) is 2.23. The van der Waals surface area contributed by atoms with Crippen LogP contribution in [0.4, 0.5) is 11.5 Å². The predicted octanol–water partition coefficient (Wildman–Crippen LogP) is 0.134. The first-order valence-corrected chi connectivity index (χ1v) is 5.23. The lowest BCUT2D eigenvalue weighted by atomic mass is 10.4. The summed E-state index contributed by atoms with van der Waals surface area (Å²) in [5, 5.41) is 17.8. The highest BCUT2D eigenvalue weighted by Gasteiger charge is 2.23. The minimum atomic E-state index is -0.604. The molecule has 0 amide bonds. The minimum absolute atomic E-state index is 0.0595. The Morgan fingerprint density at radius 2 is 2.26 bits per heavy atom. The second kappa shape index (κ2) is 5.25. The van der Waals surface area contributed by atoms with Gasteiger partial charge in [-0.3, -0.25) is 14.8 Å². The molecule has 0 spiro atoms. The highest BCUT2D eigenvalue weighted by molar-refractivity contribution is 5.60. The normalized spacial score (nSPS) is 10.2. The van der Waals surface area contributed by atoms with Gasteiger partial charge in [-0.05, 0) is 0 Å². The number of methoxy groups -OCH3 is 1. The van der Waals surface area contributed by atoms with Crippen molar-refractivity contribution in [1.82, 2.24) is 24.7 Å². The Morgan fingerprint density at radius 1 is 1.47 bits per heavy atom. The molecule has 0 unspecified atom stereocenters. The number of aromatic nitrogens is 5. The molecule has 19 heavy (non-hydrogen) atoms. The topological polar surface area (TPSA) is 121 Å². The Balaban J connectivity index is 2.22. The zero-order chi connectivity index (χ0) is 13.8. The molecule has 2 aromatic rings. The average Bonchev–Trinajstić information content (AvgIpc) is 2.81. The van der Waals surface area contributed by atoms with Gasteiger partial charge in [0.1, 0.15) is 12.7 Å². The van der Waals surface area contributed by atoms with Gasteiger partial charge >= 0.3 is 5.69 Å². The van der Waals surface area contributed by atoms with Gasteiger partial charge in [-0.15, -0.1) is 0 Å². The molecule has 1 N–H and O–H groups in total. The van der Waals surface area contributed by atoms with Crippen molar-refractivity contribution in [2.45, 2.75) is 6.54 Å². The van der Waals surface area contributed by atoms with E-state index >= 15 is 0 Å². The maximum Gasteiger partial charge on any atom is 0.372 e. The van der Waals surface area contributed by atoms with Crippen molar-refractivity contribution in [3.05, 3.63) is 28.6 Å². The van der Waals surface area contributed by atoms with Crippen LogP contribution in [0, 0.1) is 10.1 Å². The van der Waals surface area contributed by atoms with Crippen LogP contribution in [0.15, 0.2) is 12.7 Å². The lowest BCUT2D eigenvalue weighted by Gasteiger charge is -2.05. The quantitative estimate of drug-likeness (QED) is 0.598. The molecule has 0 atom stereocenters. The van der Waals surface area contributed by atoms with Crippen molar-refractivity contribution in [3.8, 4) is 5.88 Å². The van der Waals surface area contributed by atoms with E-state index in [1.165, 1.54) is 24.4 Å². The highest BCUT2D eigenvalue weighted by atomic mass is 16.6. The van der Waals surface area contributed by atoms with E-state index in [1.54, 1.807) is 7.05 Å². The molecule has 0 fully saturated rings. The van der Waals surface area contributed by atoms with Crippen molar-refractivity contribution in [2.75, 3.05) is 12.4 Å². The molecule has 0 saturated carbocycles. The zero-order valence-corrected chi connectivity index (χ0v) is 10.3. The van der Waals surface area contributed by atoms with Crippen molar-refractivity contribution < 1.29 is 9.66 Å². The molecule has 2 rings (SSSR count). The summed E-state index contributed by atoms with van der Waals surface area (Å²) in [5.74, 6) is 0.454. The molecule has 10 nitrogen and oxygen atoms in total. The van der Waals surface area contributed by atoms with Crippen molar-refractivity contribution in [2.24, 2.45) is 7.05 Å². The molecule has 2 aromatic heterocycles. The molecule has 0 aliphatic rings. The van der Waals surface area contributed by atoms with E-state index in [4.69, 9.17) is 4.74 Å². The summed E-state index contributed by atoms with van der Waals surface area (Å²) < 4.78 is 6.37. The first-order valence-electron chi connectivity index (χ1n) is 5.23. The van der Waals surface area contributed by atoms with Crippen molar-refractivity contribution in [3.63, 3.8) is 0 Å². The van der Waals surface area contributed by atoms with Crippen LogP contribution >= 0.6 is 0 Å². The summed E-state index contributed by atoms with van der Waals surface area (Å²) in [5.41, 5.74) is -0.319. The second-order valence-electron chi connectivity index (χ2n) is 3.53. The zero-order valence-electron chi connectivity index (χ0n) is 10.3. The van der Waals surface area contributed by atoms with Gasteiger partial charge in [0.15, 0.2) is 5.82 Å². The van der Waals surface area contributed by atoms with Crippen LogP contribution in [-0.2, 0) is 13.6 Å². The fourth-order valence-corrected chi connectivity index (χ4v) is 1.43. The number of hydrogen-bond acceptors (Lipinski definition) is 8. The predicted molar refractivity (Wildman–Crippen MR) is 63.6 cm³/mol. The monoisotopic (exact) mass is 265 g/mol. The maximum atomic E-state index is 11.0. The van der Waals surface area contributed by atoms with Gasteiger partial charge in [-0.2, -0.15) is 10.1 Å². The largest absolute Gasteiger partial charge is 0.476 e. The number of rotatable bonds is 5. The summed E-state index contributed by atoms with van der Waals surface area (Å²) in [4.78, 5) is 21.9. The standard InChI is InChI=1S/C9H11N7O3/c1-15-5-13-6(14-15)3-10-8-7(16(17)18)9(19-2)12-4-11-8/h4-5H,3H2,1-2H3,(H,10,11,12). The van der Waals surface area contributed by atoms with Crippen molar-refractivity contribution >= 4 is 11.5 Å². The molecular weight excluding hydrogens is 254 g/mol. The number of nitrogens with one attached hydrogen (secondary N) is 1. The lowest BCUT2D eigenvalue weighted by Crippen LogP contribution is -2.08. The van der Waals surface area contributed by atoms with Gasteiger partial charge < -0.3 is 10.1 Å². The highest BCUT2D eigenvalue weighted by Crippen LogP contribution is 2.30. The first-order chi connectivity index (χ1) is 9.11. The number of nitro groups is 1. The van der Waals surface area contributed by atoms with Crippen LogP contribution in [0.5, 0.6) is 5.88 Å². The Morgan fingerprint density at radius 3 is 2.84 bits per heavy atom. The summed E-state index contributed by atoms with van der Waals surface area (Å²) in [6.45, 7) is 0.210. The van der Waals surface area contributed by atoms with Crippen LogP contribution < -0.4 is 10.1 Å². The second-order valence-corrected chi connectivity index (χ2v) is 3.53. The van der Waals surface area contributed by atoms with Crippen LogP contribution in [0.1, 0.15) is 5.82 Å². The fraction of sp³-hybridized carbons (Fsp3) is 0.333. The number of nitrogens with zero attached hydrogens (tertiary/aromatic N) is 6.